The Kier molecular flexibility index (Phi) is 11.4. The normalized spacial score (nSPS) is 18.8. The van der Waals surface area contributed by atoms with Crippen molar-refractivity contribution in [1.82, 2.24) is 0 Å². The Morgan fingerprint density at radius 2 is 1.34 bits per heavy atom. The maximum Gasteiger partial charge on any atom is 0.303 e. The Bertz CT molecular complexity index is 1430. The van der Waals surface area contributed by atoms with Crippen LogP contribution in [0.2, 0.25) is 0 Å². The number of esters is 1. The van der Waals surface area contributed by atoms with Crippen LogP contribution < -0.4 is 28.4 Å². The van der Waals surface area contributed by atoms with Crippen molar-refractivity contribution < 1.29 is 42.7 Å². The van der Waals surface area contributed by atoms with Gasteiger partial charge in [0, 0.05) is 12.8 Å². The summed E-state index contributed by atoms with van der Waals surface area (Å²) in [4.78, 5) is 12.3. The summed E-state index contributed by atoms with van der Waals surface area (Å²) in [7, 11) is 9.65. The molecule has 0 aliphatic carbocycles. The second-order valence-electron chi connectivity index (χ2n) is 10.5. The number of carbonyl (C=O) groups excluding carboxylic acids is 1. The van der Waals surface area contributed by atoms with Crippen molar-refractivity contribution in [3.8, 4) is 34.5 Å². The van der Waals surface area contributed by atoms with E-state index in [2.05, 4.69) is 12.2 Å². The van der Waals surface area contributed by atoms with E-state index >= 15 is 0 Å². The lowest BCUT2D eigenvalue weighted by atomic mass is 9.79. The molecule has 1 aliphatic heterocycles. The molecule has 236 valence electrons. The standard InChI is InChI=1S/C35H42O9/c1-22(36)44-35(26-13-16-30(39-4)33(20-26)42-7)27-18-24(10-8-9-23-11-14-28(37-2)31(17-23)40-5)34(43-21-27)25-12-15-29(38-3)32(19-25)41-6/h8-9,11-17,19-20,24,27,34-35H,10,18,21H2,1-7H3/b9-8+/t24-,27+,34-,35-/m0/s1. The fourth-order valence-corrected chi connectivity index (χ4v) is 5.75. The maximum absolute atomic E-state index is 12.3. The predicted octanol–water partition coefficient (Wildman–Crippen LogP) is 6.84. The summed E-state index contributed by atoms with van der Waals surface area (Å²) in [5, 5.41) is 0. The third kappa shape index (κ3) is 7.58. The topological polar surface area (TPSA) is 90.9 Å². The van der Waals surface area contributed by atoms with Crippen LogP contribution in [0.5, 0.6) is 34.5 Å². The van der Waals surface area contributed by atoms with Crippen LogP contribution >= 0.6 is 0 Å². The van der Waals surface area contributed by atoms with Gasteiger partial charge in [-0.2, -0.15) is 0 Å². The van der Waals surface area contributed by atoms with E-state index in [-0.39, 0.29) is 23.9 Å². The first-order valence-electron chi connectivity index (χ1n) is 14.5. The lowest BCUT2D eigenvalue weighted by Crippen LogP contribution is -2.33. The first-order chi connectivity index (χ1) is 21.3. The van der Waals surface area contributed by atoms with Crippen LogP contribution in [0, 0.1) is 11.8 Å². The van der Waals surface area contributed by atoms with Gasteiger partial charge in [0.05, 0.1) is 55.4 Å². The highest BCUT2D eigenvalue weighted by Crippen LogP contribution is 2.46. The zero-order chi connectivity index (χ0) is 31.6. The van der Waals surface area contributed by atoms with Crippen molar-refractivity contribution in [2.24, 2.45) is 11.8 Å². The number of ether oxygens (including phenoxy) is 8. The molecule has 0 spiro atoms. The summed E-state index contributed by atoms with van der Waals surface area (Å²) in [6.45, 7) is 1.81. The zero-order valence-electron chi connectivity index (χ0n) is 26.5. The Labute approximate surface area is 259 Å². The van der Waals surface area contributed by atoms with Gasteiger partial charge in [0.2, 0.25) is 0 Å². The molecule has 0 saturated carbocycles. The lowest BCUT2D eigenvalue weighted by Gasteiger charge is -2.39. The predicted molar refractivity (Wildman–Crippen MR) is 167 cm³/mol. The van der Waals surface area contributed by atoms with E-state index in [1.165, 1.54) is 6.92 Å². The number of benzene rings is 3. The molecule has 3 aromatic rings. The molecule has 0 N–H and O–H groups in total. The molecule has 1 aliphatic rings. The van der Waals surface area contributed by atoms with Crippen LogP contribution in [0.1, 0.15) is 48.7 Å². The van der Waals surface area contributed by atoms with Gasteiger partial charge in [0.15, 0.2) is 34.5 Å². The number of hydrogen-bond donors (Lipinski definition) is 0. The molecule has 1 fully saturated rings. The fraction of sp³-hybridized carbons (Fsp3) is 0.400. The van der Waals surface area contributed by atoms with Gasteiger partial charge in [0.1, 0.15) is 6.10 Å². The SMILES string of the molecule is COc1ccc(/C=C/C[C@H]2C[C@@H]([C@@H](OC(C)=O)c3ccc(OC)c(OC)c3)CO[C@@H]2c2ccc(OC)c(OC)c2)cc1OC. The van der Waals surface area contributed by atoms with Crippen LogP contribution in [-0.4, -0.2) is 55.2 Å². The average molecular weight is 607 g/mol. The molecule has 9 heteroatoms. The molecule has 0 aromatic heterocycles. The minimum atomic E-state index is -0.531. The van der Waals surface area contributed by atoms with E-state index in [9.17, 15) is 4.79 Å². The highest BCUT2D eigenvalue weighted by molar-refractivity contribution is 5.66. The maximum atomic E-state index is 12.3. The van der Waals surface area contributed by atoms with E-state index in [0.29, 0.717) is 47.5 Å². The third-order valence-corrected chi connectivity index (χ3v) is 7.87. The molecule has 4 atom stereocenters. The minimum Gasteiger partial charge on any atom is -0.493 e. The van der Waals surface area contributed by atoms with Crippen LogP contribution in [0.25, 0.3) is 6.08 Å². The van der Waals surface area contributed by atoms with Crippen molar-refractivity contribution in [3.05, 3.63) is 77.4 Å². The van der Waals surface area contributed by atoms with Crippen molar-refractivity contribution in [1.29, 1.82) is 0 Å². The first-order valence-corrected chi connectivity index (χ1v) is 14.5. The molecular weight excluding hydrogens is 564 g/mol. The van der Waals surface area contributed by atoms with Crippen molar-refractivity contribution >= 4 is 12.0 Å². The van der Waals surface area contributed by atoms with Crippen LogP contribution in [0.3, 0.4) is 0 Å². The fourth-order valence-electron chi connectivity index (χ4n) is 5.75. The molecule has 1 saturated heterocycles. The monoisotopic (exact) mass is 606 g/mol. The van der Waals surface area contributed by atoms with Gasteiger partial charge in [-0.25, -0.2) is 0 Å². The molecule has 1 heterocycles. The van der Waals surface area contributed by atoms with Gasteiger partial charge in [-0.15, -0.1) is 0 Å². The highest BCUT2D eigenvalue weighted by Gasteiger charge is 2.38. The summed E-state index contributed by atoms with van der Waals surface area (Å²) in [5.41, 5.74) is 2.79. The van der Waals surface area contributed by atoms with Crippen LogP contribution in [-0.2, 0) is 14.3 Å². The molecule has 4 rings (SSSR count). The summed E-state index contributed by atoms with van der Waals surface area (Å²) in [6, 6.07) is 17.3. The summed E-state index contributed by atoms with van der Waals surface area (Å²) < 4.78 is 45.4. The number of allylic oxidation sites excluding steroid dienone is 1. The molecular formula is C35H42O9. The van der Waals surface area contributed by atoms with E-state index in [1.807, 2.05) is 54.6 Å². The summed E-state index contributed by atoms with van der Waals surface area (Å²) >= 11 is 0. The van der Waals surface area contributed by atoms with Crippen molar-refractivity contribution in [2.45, 2.75) is 32.0 Å². The highest BCUT2D eigenvalue weighted by atomic mass is 16.5. The summed E-state index contributed by atoms with van der Waals surface area (Å²) in [5.74, 6) is 3.38. The lowest BCUT2D eigenvalue weighted by molar-refractivity contribution is -0.157. The minimum absolute atomic E-state index is 0.0569. The van der Waals surface area contributed by atoms with Gasteiger partial charge >= 0.3 is 5.97 Å². The number of hydrogen-bond acceptors (Lipinski definition) is 9. The smallest absolute Gasteiger partial charge is 0.303 e. The number of carbonyl (C=O) groups is 1. The van der Waals surface area contributed by atoms with Crippen molar-refractivity contribution in [3.63, 3.8) is 0 Å². The van der Waals surface area contributed by atoms with Gasteiger partial charge in [-0.1, -0.05) is 30.4 Å². The van der Waals surface area contributed by atoms with E-state index < -0.39 is 6.10 Å². The summed E-state index contributed by atoms with van der Waals surface area (Å²) in [6.07, 6.45) is 4.91. The van der Waals surface area contributed by atoms with Crippen LogP contribution in [0.15, 0.2) is 60.7 Å². The molecule has 0 unspecified atom stereocenters. The second-order valence-corrected chi connectivity index (χ2v) is 10.5. The van der Waals surface area contributed by atoms with Gasteiger partial charge in [-0.3, -0.25) is 4.79 Å². The van der Waals surface area contributed by atoms with Crippen LogP contribution in [0.4, 0.5) is 0 Å². The Morgan fingerprint density at radius 1 is 0.773 bits per heavy atom. The molecule has 0 radical (unpaired) electrons. The zero-order valence-corrected chi connectivity index (χ0v) is 26.5. The molecule has 0 amide bonds. The first kappa shape index (κ1) is 32.5. The van der Waals surface area contributed by atoms with E-state index in [1.54, 1.807) is 42.7 Å². The largest absolute Gasteiger partial charge is 0.493 e. The van der Waals surface area contributed by atoms with E-state index in [4.69, 9.17) is 37.9 Å². The Balaban J connectivity index is 1.66. The van der Waals surface area contributed by atoms with Gasteiger partial charge in [-0.05, 0) is 71.8 Å². The molecule has 44 heavy (non-hydrogen) atoms. The second kappa shape index (κ2) is 15.4. The molecule has 3 aromatic carbocycles. The van der Waals surface area contributed by atoms with E-state index in [0.717, 1.165) is 23.1 Å². The number of methoxy groups -OCH3 is 6. The molecule has 0 bridgehead atoms. The quantitative estimate of drug-likeness (QED) is 0.194. The van der Waals surface area contributed by atoms with Gasteiger partial charge < -0.3 is 37.9 Å². The van der Waals surface area contributed by atoms with Gasteiger partial charge in [0.25, 0.3) is 0 Å². The van der Waals surface area contributed by atoms with Crippen molar-refractivity contribution in [2.75, 3.05) is 49.3 Å². The number of rotatable bonds is 13. The Morgan fingerprint density at radius 3 is 1.95 bits per heavy atom. The molecule has 9 nitrogen and oxygen atoms in total. The Hall–Kier alpha value is -4.37. The average Bonchev–Trinajstić information content (AvgIpc) is 3.06. The third-order valence-electron chi connectivity index (χ3n) is 7.87.